The summed E-state index contributed by atoms with van der Waals surface area (Å²) in [6, 6.07) is 8.42. The minimum atomic E-state index is -0.227. The number of guanidine groups is 1. The van der Waals surface area contributed by atoms with Gasteiger partial charge in [-0.2, -0.15) is 0 Å². The maximum atomic E-state index is 11.7. The van der Waals surface area contributed by atoms with Crippen LogP contribution in [0.1, 0.15) is 18.1 Å². The van der Waals surface area contributed by atoms with E-state index in [1.54, 1.807) is 11.9 Å². The van der Waals surface area contributed by atoms with Crippen molar-refractivity contribution in [2.24, 2.45) is 4.99 Å². The predicted molar refractivity (Wildman–Crippen MR) is 107 cm³/mol. The lowest BCUT2D eigenvalue weighted by Gasteiger charge is -2.35. The number of ether oxygens (including phenoxy) is 1. The van der Waals surface area contributed by atoms with Crippen LogP contribution in [0.25, 0.3) is 0 Å². The van der Waals surface area contributed by atoms with Crippen LogP contribution in [0.5, 0.6) is 0 Å². The average Bonchev–Trinajstić information content (AvgIpc) is 2.56. The van der Waals surface area contributed by atoms with Gasteiger partial charge in [-0.05, 0) is 19.4 Å². The lowest BCUT2D eigenvalue weighted by molar-refractivity contribution is 0.0914. The number of hydrogen-bond donors (Lipinski definition) is 1. The first-order valence-corrected chi connectivity index (χ1v) is 8.07. The van der Waals surface area contributed by atoms with Gasteiger partial charge in [0.15, 0.2) is 5.96 Å². The Balaban J connectivity index is 0.00000288. The first kappa shape index (κ1) is 20.5. The summed E-state index contributed by atoms with van der Waals surface area (Å²) in [5, 5.41) is 3.39. The van der Waals surface area contributed by atoms with Gasteiger partial charge >= 0.3 is 6.09 Å². The van der Waals surface area contributed by atoms with E-state index >= 15 is 0 Å². The van der Waals surface area contributed by atoms with E-state index in [9.17, 15) is 4.79 Å². The Bertz CT molecular complexity index is 557. The number of carbonyl (C=O) groups is 1. The van der Waals surface area contributed by atoms with Crippen LogP contribution in [0, 0.1) is 6.92 Å². The number of aryl methyl sites for hydroxylation is 1. The normalized spacial score (nSPS) is 14.9. The van der Waals surface area contributed by atoms with Gasteiger partial charge in [-0.1, -0.05) is 29.8 Å². The summed E-state index contributed by atoms with van der Waals surface area (Å²) in [7, 11) is 1.79. The topological polar surface area (TPSA) is 57.2 Å². The second-order valence-electron chi connectivity index (χ2n) is 5.56. The SMILES string of the molecule is CCOC(=O)N1CCN(C(=NC)NCc2cccc(C)c2)CC1.I. The zero-order chi connectivity index (χ0) is 16.7. The Labute approximate surface area is 161 Å². The van der Waals surface area contributed by atoms with E-state index in [1.165, 1.54) is 11.1 Å². The molecule has 2 rings (SSSR count). The molecule has 1 N–H and O–H groups in total. The minimum absolute atomic E-state index is 0. The third kappa shape index (κ3) is 5.85. The molecule has 0 saturated carbocycles. The quantitative estimate of drug-likeness (QED) is 0.441. The van der Waals surface area contributed by atoms with E-state index in [-0.39, 0.29) is 30.1 Å². The molecule has 1 aliphatic heterocycles. The number of hydrogen-bond acceptors (Lipinski definition) is 3. The summed E-state index contributed by atoms with van der Waals surface area (Å²) in [5.74, 6) is 0.870. The first-order chi connectivity index (χ1) is 11.1. The molecule has 0 unspecified atom stereocenters. The molecule has 0 bridgehead atoms. The average molecular weight is 446 g/mol. The molecule has 0 atom stereocenters. The van der Waals surface area contributed by atoms with Crippen molar-refractivity contribution in [1.82, 2.24) is 15.1 Å². The number of piperazine rings is 1. The van der Waals surface area contributed by atoms with Crippen molar-refractivity contribution in [2.75, 3.05) is 39.8 Å². The third-order valence-corrected chi connectivity index (χ3v) is 3.85. The van der Waals surface area contributed by atoms with Crippen molar-refractivity contribution in [3.63, 3.8) is 0 Å². The summed E-state index contributed by atoms with van der Waals surface area (Å²) in [5.41, 5.74) is 2.48. The lowest BCUT2D eigenvalue weighted by atomic mass is 10.1. The van der Waals surface area contributed by atoms with Gasteiger partial charge in [0, 0.05) is 39.8 Å². The molecule has 1 fully saturated rings. The summed E-state index contributed by atoms with van der Waals surface area (Å²) in [6.45, 7) is 7.90. The van der Waals surface area contributed by atoms with Crippen molar-refractivity contribution >= 4 is 36.0 Å². The van der Waals surface area contributed by atoms with Gasteiger partial charge in [0.25, 0.3) is 0 Å². The fourth-order valence-corrected chi connectivity index (χ4v) is 2.65. The zero-order valence-electron chi connectivity index (χ0n) is 14.6. The Hall–Kier alpha value is -1.51. The van der Waals surface area contributed by atoms with Crippen molar-refractivity contribution in [3.8, 4) is 0 Å². The van der Waals surface area contributed by atoms with E-state index in [2.05, 4.69) is 46.4 Å². The standard InChI is InChI=1S/C17H26N4O2.HI/c1-4-23-17(22)21-10-8-20(9-11-21)16(18-3)19-13-15-7-5-6-14(2)12-15;/h5-7,12H,4,8-11,13H2,1-3H3,(H,18,19);1H. The van der Waals surface area contributed by atoms with Crippen LogP contribution in [0.15, 0.2) is 29.3 Å². The van der Waals surface area contributed by atoms with Gasteiger partial charge in [0.1, 0.15) is 0 Å². The Morgan fingerprint density at radius 2 is 1.92 bits per heavy atom. The molecule has 1 amide bonds. The monoisotopic (exact) mass is 446 g/mol. The molecule has 0 aliphatic carbocycles. The summed E-state index contributed by atoms with van der Waals surface area (Å²) >= 11 is 0. The van der Waals surface area contributed by atoms with Crippen LogP contribution < -0.4 is 5.32 Å². The van der Waals surface area contributed by atoms with Gasteiger partial charge in [0.2, 0.25) is 0 Å². The van der Waals surface area contributed by atoms with Crippen LogP contribution in [0.4, 0.5) is 4.79 Å². The van der Waals surface area contributed by atoms with Crippen LogP contribution in [-0.4, -0.2) is 61.7 Å². The van der Waals surface area contributed by atoms with Gasteiger partial charge in [-0.25, -0.2) is 4.79 Å². The van der Waals surface area contributed by atoms with E-state index in [1.807, 2.05) is 6.92 Å². The van der Waals surface area contributed by atoms with E-state index in [0.717, 1.165) is 25.6 Å². The minimum Gasteiger partial charge on any atom is -0.450 e. The molecule has 1 aromatic carbocycles. The molecule has 0 spiro atoms. The molecule has 6 nitrogen and oxygen atoms in total. The number of nitrogens with one attached hydrogen (secondary N) is 1. The second kappa shape index (κ2) is 10.4. The summed E-state index contributed by atoms with van der Waals surface area (Å²) < 4.78 is 5.04. The molecule has 0 radical (unpaired) electrons. The predicted octanol–water partition coefficient (Wildman–Crippen LogP) is 2.46. The number of benzene rings is 1. The van der Waals surface area contributed by atoms with Crippen molar-refractivity contribution in [1.29, 1.82) is 0 Å². The highest BCUT2D eigenvalue weighted by molar-refractivity contribution is 14.0. The highest BCUT2D eigenvalue weighted by atomic mass is 127. The molecular weight excluding hydrogens is 419 g/mol. The van der Waals surface area contributed by atoms with Crippen LogP contribution in [0.2, 0.25) is 0 Å². The van der Waals surface area contributed by atoms with E-state index in [4.69, 9.17) is 4.74 Å². The third-order valence-electron chi connectivity index (χ3n) is 3.85. The Kier molecular flexibility index (Phi) is 8.88. The van der Waals surface area contributed by atoms with Gasteiger partial charge in [0.05, 0.1) is 6.61 Å². The Morgan fingerprint density at radius 3 is 2.50 bits per heavy atom. The fourth-order valence-electron chi connectivity index (χ4n) is 2.65. The molecular formula is C17H27IN4O2. The first-order valence-electron chi connectivity index (χ1n) is 8.07. The van der Waals surface area contributed by atoms with Crippen molar-refractivity contribution in [3.05, 3.63) is 35.4 Å². The number of rotatable bonds is 3. The number of carbonyl (C=O) groups excluding carboxylic acids is 1. The van der Waals surface area contributed by atoms with Crippen LogP contribution in [0.3, 0.4) is 0 Å². The van der Waals surface area contributed by atoms with Crippen molar-refractivity contribution in [2.45, 2.75) is 20.4 Å². The largest absolute Gasteiger partial charge is 0.450 e. The van der Waals surface area contributed by atoms with Gasteiger partial charge < -0.3 is 19.9 Å². The molecule has 1 aliphatic rings. The summed E-state index contributed by atoms with van der Waals surface area (Å²) in [6.07, 6.45) is -0.227. The maximum Gasteiger partial charge on any atom is 0.409 e. The van der Waals surface area contributed by atoms with E-state index < -0.39 is 0 Å². The Morgan fingerprint density at radius 1 is 1.25 bits per heavy atom. The molecule has 0 aromatic heterocycles. The zero-order valence-corrected chi connectivity index (χ0v) is 16.9. The second-order valence-corrected chi connectivity index (χ2v) is 5.56. The lowest BCUT2D eigenvalue weighted by Crippen LogP contribution is -2.53. The molecule has 7 heteroatoms. The number of nitrogens with zero attached hydrogens (tertiary/aromatic N) is 3. The molecule has 1 saturated heterocycles. The van der Waals surface area contributed by atoms with Gasteiger partial charge in [-0.15, -0.1) is 24.0 Å². The fraction of sp³-hybridized carbons (Fsp3) is 0.529. The molecule has 24 heavy (non-hydrogen) atoms. The van der Waals surface area contributed by atoms with Crippen LogP contribution >= 0.6 is 24.0 Å². The molecule has 1 aromatic rings. The van der Waals surface area contributed by atoms with Gasteiger partial charge in [-0.3, -0.25) is 4.99 Å². The van der Waals surface area contributed by atoms with E-state index in [0.29, 0.717) is 19.7 Å². The van der Waals surface area contributed by atoms with Crippen LogP contribution in [-0.2, 0) is 11.3 Å². The number of aliphatic imine (C=N–C) groups is 1. The molecule has 134 valence electrons. The molecule has 1 heterocycles. The smallest absolute Gasteiger partial charge is 0.409 e. The number of halogens is 1. The number of amides is 1. The summed E-state index contributed by atoms with van der Waals surface area (Å²) in [4.78, 5) is 20.0. The highest BCUT2D eigenvalue weighted by Crippen LogP contribution is 2.06. The van der Waals surface area contributed by atoms with Crippen molar-refractivity contribution < 1.29 is 9.53 Å². The highest BCUT2D eigenvalue weighted by Gasteiger charge is 2.23. The maximum absolute atomic E-state index is 11.7.